The van der Waals surface area contributed by atoms with Crippen molar-refractivity contribution >= 4 is 21.8 Å². The van der Waals surface area contributed by atoms with Crippen molar-refractivity contribution in [2.24, 2.45) is 5.16 Å². The van der Waals surface area contributed by atoms with E-state index in [1.807, 2.05) is 0 Å². The average molecular weight is 353 g/mol. The van der Waals surface area contributed by atoms with Gasteiger partial charge in [-0.3, -0.25) is 9.08 Å². The van der Waals surface area contributed by atoms with Gasteiger partial charge in [0.25, 0.3) is 0 Å². The summed E-state index contributed by atoms with van der Waals surface area (Å²) in [4.78, 5) is 10.8. The lowest BCUT2D eigenvalue weighted by molar-refractivity contribution is -0.131. The van der Waals surface area contributed by atoms with Crippen molar-refractivity contribution in [3.63, 3.8) is 0 Å². The number of rotatable bonds is 6. The van der Waals surface area contributed by atoms with Crippen LogP contribution >= 0.6 is 0 Å². The first kappa shape index (κ1) is 18.9. The number of alkyl halides is 3. The molecule has 6 nitrogen and oxygen atoms in total. The van der Waals surface area contributed by atoms with E-state index in [0.717, 1.165) is 31.2 Å². The van der Waals surface area contributed by atoms with E-state index < -0.39 is 39.3 Å². The fourth-order valence-corrected chi connectivity index (χ4v) is 2.26. The molecule has 23 heavy (non-hydrogen) atoms. The number of halogens is 3. The highest BCUT2D eigenvalue weighted by Crippen LogP contribution is 2.24. The van der Waals surface area contributed by atoms with Crippen molar-refractivity contribution in [2.75, 3.05) is 5.75 Å². The van der Waals surface area contributed by atoms with Crippen LogP contribution in [0.2, 0.25) is 0 Å². The van der Waals surface area contributed by atoms with Crippen LogP contribution < -0.4 is 4.74 Å². The highest BCUT2D eigenvalue weighted by Gasteiger charge is 2.38. The molecule has 0 bridgehead atoms. The molecule has 0 aliphatic heterocycles. The lowest BCUT2D eigenvalue weighted by atomic mass is 10.1. The van der Waals surface area contributed by atoms with Crippen LogP contribution in [-0.2, 0) is 19.2 Å². The molecule has 0 heterocycles. The fraction of sp³-hybridized carbons (Fsp3) is 0.385. The highest BCUT2D eigenvalue weighted by molar-refractivity contribution is 7.86. The van der Waals surface area contributed by atoms with Crippen molar-refractivity contribution in [1.82, 2.24) is 0 Å². The maximum atomic E-state index is 13.0. The largest absolute Gasteiger partial charge is 0.437 e. The molecule has 0 radical (unpaired) electrons. The number of hydrogen-bond acceptors (Lipinski definition) is 6. The quantitative estimate of drug-likeness (QED) is 0.340. The smallest absolute Gasteiger partial charge is 0.427 e. The molecule has 0 saturated carbocycles. The number of hydrogen-bond donors (Lipinski definition) is 0. The van der Waals surface area contributed by atoms with Gasteiger partial charge in [-0.2, -0.15) is 21.6 Å². The molecule has 0 fully saturated rings. The molecule has 128 valence electrons. The molecular weight excluding hydrogens is 339 g/mol. The topological polar surface area (TPSA) is 82.0 Å². The van der Waals surface area contributed by atoms with Crippen LogP contribution in [0.1, 0.15) is 25.8 Å². The number of benzene rings is 1. The van der Waals surface area contributed by atoms with Crippen LogP contribution in [0.4, 0.5) is 13.2 Å². The van der Waals surface area contributed by atoms with Gasteiger partial charge in [-0.15, -0.1) is 0 Å². The number of oxime groups is 1. The molecule has 1 rings (SSSR count). The van der Waals surface area contributed by atoms with E-state index in [1.165, 1.54) is 6.92 Å². The maximum absolute atomic E-state index is 13.0. The van der Waals surface area contributed by atoms with Gasteiger partial charge in [0.15, 0.2) is 5.71 Å². The van der Waals surface area contributed by atoms with E-state index in [2.05, 4.69) is 9.44 Å². The third-order valence-electron chi connectivity index (χ3n) is 2.35. The van der Waals surface area contributed by atoms with Crippen LogP contribution in [0.5, 0.6) is 5.75 Å². The van der Waals surface area contributed by atoms with E-state index in [4.69, 9.17) is 4.74 Å². The summed E-state index contributed by atoms with van der Waals surface area (Å²) in [6, 6.07) is 4.22. The molecule has 10 heteroatoms. The SMILES string of the molecule is CCCS(=O)(=O)O/N=C(/c1ccc(OC(C)=O)cc1)C(F)(F)F. The summed E-state index contributed by atoms with van der Waals surface area (Å²) in [5.74, 6) is -1.04. The van der Waals surface area contributed by atoms with Crippen molar-refractivity contribution in [1.29, 1.82) is 0 Å². The lowest BCUT2D eigenvalue weighted by Gasteiger charge is -2.11. The Kier molecular flexibility index (Phi) is 6.13. The van der Waals surface area contributed by atoms with E-state index in [0.29, 0.717) is 0 Å². The van der Waals surface area contributed by atoms with E-state index >= 15 is 0 Å². The zero-order chi connectivity index (χ0) is 17.7. The van der Waals surface area contributed by atoms with Crippen LogP contribution in [0.3, 0.4) is 0 Å². The molecule has 0 aliphatic carbocycles. The van der Waals surface area contributed by atoms with Crippen LogP contribution in [0.25, 0.3) is 0 Å². The van der Waals surface area contributed by atoms with Crippen molar-refractivity contribution in [3.8, 4) is 5.75 Å². The normalized spacial score (nSPS) is 12.8. The number of ether oxygens (including phenoxy) is 1. The number of esters is 1. The van der Waals surface area contributed by atoms with E-state index in [1.54, 1.807) is 0 Å². The molecule has 0 aromatic heterocycles. The zero-order valence-corrected chi connectivity index (χ0v) is 13.1. The Morgan fingerprint density at radius 3 is 2.22 bits per heavy atom. The Bertz CT molecular complexity index is 681. The summed E-state index contributed by atoms with van der Waals surface area (Å²) in [6.07, 6.45) is -4.75. The summed E-state index contributed by atoms with van der Waals surface area (Å²) in [5, 5.41) is 2.74. The number of carbonyl (C=O) groups is 1. The molecule has 0 unspecified atom stereocenters. The summed E-state index contributed by atoms with van der Waals surface area (Å²) < 4.78 is 70.3. The minimum atomic E-state index is -4.93. The predicted molar refractivity (Wildman–Crippen MR) is 75.5 cm³/mol. The van der Waals surface area contributed by atoms with Gasteiger partial charge < -0.3 is 4.74 Å². The number of carbonyl (C=O) groups excluding carboxylic acids is 1. The van der Waals surface area contributed by atoms with Gasteiger partial charge in [-0.25, -0.2) is 0 Å². The molecule has 0 atom stereocenters. The monoisotopic (exact) mass is 353 g/mol. The minimum absolute atomic E-state index is 0.0438. The Morgan fingerprint density at radius 2 is 1.78 bits per heavy atom. The molecule has 0 spiro atoms. The minimum Gasteiger partial charge on any atom is -0.427 e. The first-order chi connectivity index (χ1) is 10.5. The second-order valence-corrected chi connectivity index (χ2v) is 6.06. The number of nitrogens with zero attached hydrogens (tertiary/aromatic N) is 1. The van der Waals surface area contributed by atoms with Gasteiger partial charge in [0, 0.05) is 12.5 Å². The van der Waals surface area contributed by atoms with E-state index in [9.17, 15) is 26.4 Å². The second-order valence-electron chi connectivity index (χ2n) is 4.39. The van der Waals surface area contributed by atoms with Crippen LogP contribution in [0.15, 0.2) is 29.4 Å². The average Bonchev–Trinajstić information content (AvgIpc) is 2.38. The molecule has 0 amide bonds. The summed E-state index contributed by atoms with van der Waals surface area (Å²) in [7, 11) is -4.18. The maximum Gasteiger partial charge on any atom is 0.437 e. The molecule has 1 aromatic carbocycles. The third kappa shape index (κ3) is 6.27. The second kappa shape index (κ2) is 7.44. The predicted octanol–water partition coefficient (Wildman–Crippen LogP) is 2.63. The Morgan fingerprint density at radius 1 is 1.22 bits per heavy atom. The Balaban J connectivity index is 3.10. The molecule has 0 saturated heterocycles. The van der Waals surface area contributed by atoms with Crippen molar-refractivity contribution in [3.05, 3.63) is 29.8 Å². The standard InChI is InChI=1S/C13H14F3NO5S/c1-3-8-23(19,20)22-17-12(13(14,15)16)10-4-6-11(7-5-10)21-9(2)18/h4-7H,3,8H2,1-2H3/b17-12-. The summed E-state index contributed by atoms with van der Waals surface area (Å²) in [6.45, 7) is 2.67. The van der Waals surface area contributed by atoms with Crippen molar-refractivity contribution < 1.29 is 35.4 Å². The Hall–Kier alpha value is -2.10. The summed E-state index contributed by atoms with van der Waals surface area (Å²) >= 11 is 0. The van der Waals surface area contributed by atoms with E-state index in [-0.39, 0.29) is 12.2 Å². The lowest BCUT2D eigenvalue weighted by Crippen LogP contribution is -2.25. The van der Waals surface area contributed by atoms with Crippen LogP contribution in [-0.4, -0.2) is 32.0 Å². The van der Waals surface area contributed by atoms with Gasteiger partial charge in [-0.1, -0.05) is 12.1 Å². The van der Waals surface area contributed by atoms with Gasteiger partial charge in [-0.05, 0) is 30.7 Å². The fourth-order valence-electron chi connectivity index (χ4n) is 1.50. The van der Waals surface area contributed by atoms with Crippen molar-refractivity contribution in [2.45, 2.75) is 26.4 Å². The van der Waals surface area contributed by atoms with Gasteiger partial charge in [0.1, 0.15) is 5.75 Å². The zero-order valence-electron chi connectivity index (χ0n) is 12.3. The van der Waals surface area contributed by atoms with Crippen LogP contribution in [0, 0.1) is 0 Å². The Labute approximate surface area is 131 Å². The van der Waals surface area contributed by atoms with Gasteiger partial charge in [0.2, 0.25) is 0 Å². The highest BCUT2D eigenvalue weighted by atomic mass is 32.2. The molecule has 1 aromatic rings. The molecule has 0 N–H and O–H groups in total. The third-order valence-corrected chi connectivity index (χ3v) is 3.56. The van der Waals surface area contributed by atoms with Gasteiger partial charge in [0.05, 0.1) is 5.75 Å². The first-order valence-electron chi connectivity index (χ1n) is 6.40. The molecule has 0 aliphatic rings. The molecular formula is C13H14F3NO5S. The van der Waals surface area contributed by atoms with Gasteiger partial charge >= 0.3 is 22.3 Å². The summed E-state index contributed by atoms with van der Waals surface area (Å²) in [5.41, 5.74) is -1.94. The first-order valence-corrected chi connectivity index (χ1v) is 7.98.